The molecule has 0 bridgehead atoms. The van der Waals surface area contributed by atoms with Crippen molar-refractivity contribution in [1.82, 2.24) is 0 Å². The first kappa shape index (κ1) is 11.5. The molecule has 1 aromatic carbocycles. The number of rotatable bonds is 4. The number of aryl methyl sites for hydroxylation is 1. The maximum absolute atomic E-state index is 11.4. The number of aliphatic hydroxyl groups excluding tert-OH is 1. The van der Waals surface area contributed by atoms with E-state index in [1.807, 2.05) is 19.1 Å². The molecular formula is C12H15NO2. The second-order valence-electron chi connectivity index (χ2n) is 3.40. The van der Waals surface area contributed by atoms with Crippen molar-refractivity contribution in [3.8, 4) is 0 Å². The van der Waals surface area contributed by atoms with Gasteiger partial charge in [0.25, 0.3) is 5.91 Å². The van der Waals surface area contributed by atoms with Gasteiger partial charge in [0.1, 0.15) is 6.10 Å². The van der Waals surface area contributed by atoms with Crippen molar-refractivity contribution in [2.24, 2.45) is 0 Å². The van der Waals surface area contributed by atoms with Gasteiger partial charge in [0.05, 0.1) is 0 Å². The lowest BCUT2D eigenvalue weighted by Gasteiger charge is -2.09. The molecular weight excluding hydrogens is 190 g/mol. The Balaban J connectivity index is 2.58. The van der Waals surface area contributed by atoms with Gasteiger partial charge in [-0.1, -0.05) is 23.8 Å². The van der Waals surface area contributed by atoms with Crippen molar-refractivity contribution in [3.05, 3.63) is 42.5 Å². The standard InChI is InChI=1S/C12H15NO2/c1-3-4-11(14)12(15)13-10-7-5-9(2)6-8-10/h3,5-8,11,14H,1,4H2,2H3,(H,13,15). The maximum atomic E-state index is 11.4. The highest BCUT2D eigenvalue weighted by molar-refractivity contribution is 5.94. The number of carbonyl (C=O) groups is 1. The average Bonchev–Trinajstić information content (AvgIpc) is 2.22. The van der Waals surface area contributed by atoms with Crippen LogP contribution in [0.4, 0.5) is 5.69 Å². The van der Waals surface area contributed by atoms with Crippen LogP contribution in [-0.2, 0) is 4.79 Å². The fourth-order valence-electron chi connectivity index (χ4n) is 1.13. The zero-order valence-corrected chi connectivity index (χ0v) is 8.73. The predicted molar refractivity (Wildman–Crippen MR) is 60.6 cm³/mol. The van der Waals surface area contributed by atoms with Gasteiger partial charge in [0.15, 0.2) is 0 Å². The third-order valence-electron chi connectivity index (χ3n) is 2.01. The molecule has 0 radical (unpaired) electrons. The lowest BCUT2D eigenvalue weighted by Crippen LogP contribution is -2.26. The number of nitrogens with one attached hydrogen (secondary N) is 1. The van der Waals surface area contributed by atoms with Crippen LogP contribution in [0.1, 0.15) is 12.0 Å². The molecule has 0 saturated carbocycles. The van der Waals surface area contributed by atoms with Crippen LogP contribution in [0.25, 0.3) is 0 Å². The van der Waals surface area contributed by atoms with Crippen LogP contribution in [0.3, 0.4) is 0 Å². The number of benzene rings is 1. The lowest BCUT2D eigenvalue weighted by atomic mass is 10.2. The van der Waals surface area contributed by atoms with E-state index in [4.69, 9.17) is 0 Å². The van der Waals surface area contributed by atoms with Gasteiger partial charge in [0.2, 0.25) is 0 Å². The minimum atomic E-state index is -1.02. The Morgan fingerprint density at radius 1 is 1.53 bits per heavy atom. The maximum Gasteiger partial charge on any atom is 0.253 e. The van der Waals surface area contributed by atoms with Gasteiger partial charge in [-0.3, -0.25) is 4.79 Å². The molecule has 3 heteroatoms. The van der Waals surface area contributed by atoms with Gasteiger partial charge in [-0.15, -0.1) is 6.58 Å². The topological polar surface area (TPSA) is 49.3 Å². The third-order valence-corrected chi connectivity index (χ3v) is 2.01. The molecule has 0 spiro atoms. The van der Waals surface area contributed by atoms with Gasteiger partial charge in [-0.25, -0.2) is 0 Å². The van der Waals surface area contributed by atoms with E-state index in [1.165, 1.54) is 6.08 Å². The van der Waals surface area contributed by atoms with Crippen LogP contribution < -0.4 is 5.32 Å². The fourth-order valence-corrected chi connectivity index (χ4v) is 1.13. The average molecular weight is 205 g/mol. The first-order chi connectivity index (χ1) is 7.13. The molecule has 1 atom stereocenters. The van der Waals surface area contributed by atoms with Crippen molar-refractivity contribution >= 4 is 11.6 Å². The molecule has 1 rings (SSSR count). The summed E-state index contributed by atoms with van der Waals surface area (Å²) in [4.78, 5) is 11.4. The van der Waals surface area contributed by atoms with Crippen molar-refractivity contribution in [2.75, 3.05) is 5.32 Å². The summed E-state index contributed by atoms with van der Waals surface area (Å²) in [7, 11) is 0. The molecule has 1 amide bonds. The number of anilines is 1. The summed E-state index contributed by atoms with van der Waals surface area (Å²) < 4.78 is 0. The van der Waals surface area contributed by atoms with Crippen LogP contribution >= 0.6 is 0 Å². The van der Waals surface area contributed by atoms with E-state index < -0.39 is 12.0 Å². The second-order valence-corrected chi connectivity index (χ2v) is 3.40. The summed E-state index contributed by atoms with van der Waals surface area (Å²) in [5, 5.41) is 12.0. The second kappa shape index (κ2) is 5.32. The molecule has 0 aromatic heterocycles. The zero-order chi connectivity index (χ0) is 11.3. The third kappa shape index (κ3) is 3.56. The Bertz CT molecular complexity index is 343. The minimum Gasteiger partial charge on any atom is -0.383 e. The molecule has 2 N–H and O–H groups in total. The molecule has 1 aromatic rings. The van der Waals surface area contributed by atoms with Crippen molar-refractivity contribution in [2.45, 2.75) is 19.4 Å². The van der Waals surface area contributed by atoms with Gasteiger partial charge >= 0.3 is 0 Å². The predicted octanol–water partition coefficient (Wildman–Crippen LogP) is 1.87. The SMILES string of the molecule is C=CCC(O)C(=O)Nc1ccc(C)cc1. The summed E-state index contributed by atoms with van der Waals surface area (Å²) in [5.74, 6) is -0.404. The summed E-state index contributed by atoms with van der Waals surface area (Å²) in [6, 6.07) is 7.40. The normalized spacial score (nSPS) is 11.9. The first-order valence-electron chi connectivity index (χ1n) is 4.80. The number of carbonyl (C=O) groups excluding carboxylic acids is 1. The number of hydrogen-bond donors (Lipinski definition) is 2. The lowest BCUT2D eigenvalue weighted by molar-refractivity contribution is -0.123. The Labute approximate surface area is 89.4 Å². The molecule has 15 heavy (non-hydrogen) atoms. The van der Waals surface area contributed by atoms with E-state index in [-0.39, 0.29) is 6.42 Å². The van der Waals surface area contributed by atoms with E-state index in [9.17, 15) is 9.90 Å². The quantitative estimate of drug-likeness (QED) is 0.737. The number of aliphatic hydroxyl groups is 1. The van der Waals surface area contributed by atoms with Crippen LogP contribution in [-0.4, -0.2) is 17.1 Å². The summed E-state index contributed by atoms with van der Waals surface area (Å²) in [6.07, 6.45) is 0.751. The molecule has 80 valence electrons. The Kier molecular flexibility index (Phi) is 4.06. The van der Waals surface area contributed by atoms with E-state index in [1.54, 1.807) is 12.1 Å². The Morgan fingerprint density at radius 2 is 2.13 bits per heavy atom. The van der Waals surface area contributed by atoms with Crippen LogP contribution in [0.5, 0.6) is 0 Å². The number of amides is 1. The van der Waals surface area contributed by atoms with Gasteiger partial charge in [0, 0.05) is 12.1 Å². The summed E-state index contributed by atoms with van der Waals surface area (Å²) >= 11 is 0. The highest BCUT2D eigenvalue weighted by Gasteiger charge is 2.12. The molecule has 0 saturated heterocycles. The molecule has 0 heterocycles. The van der Waals surface area contributed by atoms with E-state index in [2.05, 4.69) is 11.9 Å². The molecule has 0 aliphatic rings. The van der Waals surface area contributed by atoms with Gasteiger partial charge < -0.3 is 10.4 Å². The molecule has 0 fully saturated rings. The highest BCUT2D eigenvalue weighted by atomic mass is 16.3. The highest BCUT2D eigenvalue weighted by Crippen LogP contribution is 2.09. The van der Waals surface area contributed by atoms with Crippen LogP contribution in [0.2, 0.25) is 0 Å². The summed E-state index contributed by atoms with van der Waals surface area (Å²) in [5.41, 5.74) is 1.81. The Morgan fingerprint density at radius 3 is 2.67 bits per heavy atom. The fraction of sp³-hybridized carbons (Fsp3) is 0.250. The van der Waals surface area contributed by atoms with Crippen molar-refractivity contribution in [3.63, 3.8) is 0 Å². The van der Waals surface area contributed by atoms with Gasteiger partial charge in [-0.2, -0.15) is 0 Å². The molecule has 1 unspecified atom stereocenters. The first-order valence-corrected chi connectivity index (χ1v) is 4.80. The van der Waals surface area contributed by atoms with E-state index in [0.717, 1.165) is 5.56 Å². The van der Waals surface area contributed by atoms with Gasteiger partial charge in [-0.05, 0) is 19.1 Å². The molecule has 3 nitrogen and oxygen atoms in total. The summed E-state index contributed by atoms with van der Waals surface area (Å²) in [6.45, 7) is 5.43. The largest absolute Gasteiger partial charge is 0.383 e. The molecule has 0 aliphatic heterocycles. The number of hydrogen-bond acceptors (Lipinski definition) is 2. The monoisotopic (exact) mass is 205 g/mol. The molecule has 0 aliphatic carbocycles. The Hall–Kier alpha value is -1.61. The van der Waals surface area contributed by atoms with Crippen LogP contribution in [0, 0.1) is 6.92 Å². The van der Waals surface area contributed by atoms with Crippen LogP contribution in [0.15, 0.2) is 36.9 Å². The smallest absolute Gasteiger partial charge is 0.253 e. The van der Waals surface area contributed by atoms with E-state index >= 15 is 0 Å². The van der Waals surface area contributed by atoms with Crippen molar-refractivity contribution in [1.29, 1.82) is 0 Å². The zero-order valence-electron chi connectivity index (χ0n) is 8.73. The van der Waals surface area contributed by atoms with E-state index in [0.29, 0.717) is 5.69 Å². The van der Waals surface area contributed by atoms with Crippen molar-refractivity contribution < 1.29 is 9.90 Å². The minimum absolute atomic E-state index is 0.262.